The number of nitrogen functional groups attached to an aromatic ring is 1. The van der Waals surface area contributed by atoms with E-state index in [1.54, 1.807) is 13.0 Å². The fourth-order valence-electron chi connectivity index (χ4n) is 1.64. The summed E-state index contributed by atoms with van der Waals surface area (Å²) in [6.07, 6.45) is 0. The second-order valence-corrected chi connectivity index (χ2v) is 6.76. The van der Waals surface area contributed by atoms with Gasteiger partial charge < -0.3 is 5.73 Å². The van der Waals surface area contributed by atoms with E-state index < -0.39 is 15.8 Å². The lowest BCUT2D eigenvalue weighted by Gasteiger charge is -2.12. The summed E-state index contributed by atoms with van der Waals surface area (Å²) in [6.45, 7) is 1.62. The Morgan fingerprint density at radius 2 is 1.95 bits per heavy atom. The fraction of sp³-hybridized carbons (Fsp3) is 0.0769. The van der Waals surface area contributed by atoms with Gasteiger partial charge >= 0.3 is 0 Å². The van der Waals surface area contributed by atoms with Gasteiger partial charge in [0.2, 0.25) is 0 Å². The van der Waals surface area contributed by atoms with Crippen LogP contribution in [0.5, 0.6) is 0 Å². The molecule has 0 unspecified atom stereocenters. The molecule has 0 fully saturated rings. The van der Waals surface area contributed by atoms with Crippen LogP contribution in [0.3, 0.4) is 0 Å². The first kappa shape index (κ1) is 14.8. The van der Waals surface area contributed by atoms with E-state index in [-0.39, 0.29) is 16.3 Å². The Morgan fingerprint density at radius 3 is 2.55 bits per heavy atom. The Bertz CT molecular complexity index is 743. The third-order valence-corrected chi connectivity index (χ3v) is 4.81. The van der Waals surface area contributed by atoms with Crippen molar-refractivity contribution >= 4 is 37.3 Å². The van der Waals surface area contributed by atoms with Crippen molar-refractivity contribution in [2.24, 2.45) is 0 Å². The van der Waals surface area contributed by atoms with E-state index in [1.165, 1.54) is 30.3 Å². The Labute approximate surface area is 125 Å². The zero-order valence-corrected chi connectivity index (χ0v) is 12.9. The number of nitrogens with one attached hydrogen (secondary N) is 1. The molecule has 0 heterocycles. The van der Waals surface area contributed by atoms with Crippen molar-refractivity contribution in [3.05, 3.63) is 52.3 Å². The van der Waals surface area contributed by atoms with Gasteiger partial charge in [-0.05, 0) is 52.7 Å². The molecule has 0 saturated heterocycles. The van der Waals surface area contributed by atoms with Gasteiger partial charge in [-0.3, -0.25) is 4.72 Å². The highest BCUT2D eigenvalue weighted by Gasteiger charge is 2.18. The number of aryl methyl sites for hydroxylation is 1. The predicted molar refractivity (Wildman–Crippen MR) is 80.5 cm³/mol. The number of para-hydroxylation sites is 1. The molecule has 2 rings (SSSR count). The highest BCUT2D eigenvalue weighted by Crippen LogP contribution is 2.26. The Hall–Kier alpha value is -1.60. The molecule has 0 aliphatic rings. The average molecular weight is 359 g/mol. The standard InChI is InChI=1S/C13H12BrFN2O2S/c1-8-3-2-4-11(15)13(8)17-20(18,19)9-5-6-10(14)12(16)7-9/h2-7,17H,16H2,1H3. The number of hydrogen-bond acceptors (Lipinski definition) is 3. The van der Waals surface area contributed by atoms with Crippen LogP contribution in [0.1, 0.15) is 5.56 Å². The van der Waals surface area contributed by atoms with Crippen molar-refractivity contribution in [2.45, 2.75) is 11.8 Å². The molecule has 0 saturated carbocycles. The van der Waals surface area contributed by atoms with Crippen molar-refractivity contribution in [2.75, 3.05) is 10.5 Å². The smallest absolute Gasteiger partial charge is 0.262 e. The van der Waals surface area contributed by atoms with E-state index in [0.717, 1.165) is 0 Å². The summed E-state index contributed by atoms with van der Waals surface area (Å²) >= 11 is 3.19. The summed E-state index contributed by atoms with van der Waals surface area (Å²) in [5.74, 6) is -0.626. The third kappa shape index (κ3) is 2.94. The number of hydrogen-bond donors (Lipinski definition) is 2. The zero-order chi connectivity index (χ0) is 14.9. The summed E-state index contributed by atoms with van der Waals surface area (Å²) < 4.78 is 41.0. The van der Waals surface area contributed by atoms with Crippen molar-refractivity contribution in [3.63, 3.8) is 0 Å². The molecule has 0 atom stereocenters. The normalized spacial score (nSPS) is 11.3. The Morgan fingerprint density at radius 1 is 1.25 bits per heavy atom. The van der Waals surface area contributed by atoms with Gasteiger partial charge in [-0.2, -0.15) is 0 Å². The molecule has 7 heteroatoms. The van der Waals surface area contributed by atoms with Gasteiger partial charge in [0, 0.05) is 10.2 Å². The number of anilines is 2. The molecule has 0 spiro atoms. The minimum atomic E-state index is -3.89. The molecule has 3 N–H and O–H groups in total. The van der Waals surface area contributed by atoms with Gasteiger partial charge in [-0.25, -0.2) is 12.8 Å². The van der Waals surface area contributed by atoms with Crippen molar-refractivity contribution in [1.82, 2.24) is 0 Å². The van der Waals surface area contributed by atoms with Crippen LogP contribution in [0, 0.1) is 12.7 Å². The van der Waals surface area contributed by atoms with E-state index in [2.05, 4.69) is 20.7 Å². The van der Waals surface area contributed by atoms with Crippen LogP contribution >= 0.6 is 15.9 Å². The second kappa shape index (κ2) is 5.41. The molecule has 0 amide bonds. The predicted octanol–water partition coefficient (Wildman–Crippen LogP) is 3.28. The topological polar surface area (TPSA) is 72.2 Å². The number of nitrogens with two attached hydrogens (primary N) is 1. The first-order valence-corrected chi connectivity index (χ1v) is 7.92. The molecule has 4 nitrogen and oxygen atoms in total. The molecule has 106 valence electrons. The highest BCUT2D eigenvalue weighted by atomic mass is 79.9. The Kier molecular flexibility index (Phi) is 4.01. The summed E-state index contributed by atoms with van der Waals surface area (Å²) in [5, 5.41) is 0. The molecule has 20 heavy (non-hydrogen) atoms. The summed E-state index contributed by atoms with van der Waals surface area (Å²) in [4.78, 5) is -0.0270. The maximum atomic E-state index is 13.7. The first-order chi connectivity index (χ1) is 9.31. The molecular formula is C13H12BrFN2O2S. The van der Waals surface area contributed by atoms with Crippen LogP contribution in [0.4, 0.5) is 15.8 Å². The molecule has 2 aromatic rings. The SMILES string of the molecule is Cc1cccc(F)c1NS(=O)(=O)c1ccc(Br)c(N)c1. The van der Waals surface area contributed by atoms with Crippen molar-refractivity contribution in [3.8, 4) is 0 Å². The van der Waals surface area contributed by atoms with E-state index in [1.807, 2.05) is 0 Å². The van der Waals surface area contributed by atoms with Crippen LogP contribution in [0.2, 0.25) is 0 Å². The van der Waals surface area contributed by atoms with Crippen molar-refractivity contribution < 1.29 is 12.8 Å². The van der Waals surface area contributed by atoms with Gasteiger partial charge in [0.05, 0.1) is 10.6 Å². The summed E-state index contributed by atoms with van der Waals surface area (Å²) in [7, 11) is -3.89. The van der Waals surface area contributed by atoms with Crippen LogP contribution in [-0.4, -0.2) is 8.42 Å². The monoisotopic (exact) mass is 358 g/mol. The van der Waals surface area contributed by atoms with Gasteiger partial charge in [0.25, 0.3) is 10.0 Å². The van der Waals surface area contributed by atoms with E-state index >= 15 is 0 Å². The van der Waals surface area contributed by atoms with E-state index in [9.17, 15) is 12.8 Å². The lowest BCUT2D eigenvalue weighted by Crippen LogP contribution is -2.15. The van der Waals surface area contributed by atoms with Gasteiger partial charge in [-0.1, -0.05) is 12.1 Å². The van der Waals surface area contributed by atoms with Crippen LogP contribution < -0.4 is 10.5 Å². The molecule has 2 aromatic carbocycles. The quantitative estimate of drug-likeness (QED) is 0.827. The van der Waals surface area contributed by atoms with E-state index in [4.69, 9.17) is 5.73 Å². The molecule has 0 radical (unpaired) electrons. The molecule has 0 aliphatic carbocycles. The molecular weight excluding hydrogens is 347 g/mol. The minimum Gasteiger partial charge on any atom is -0.398 e. The van der Waals surface area contributed by atoms with Crippen molar-refractivity contribution in [1.29, 1.82) is 0 Å². The fourth-order valence-corrected chi connectivity index (χ4v) is 3.06. The van der Waals surface area contributed by atoms with Crippen LogP contribution in [-0.2, 0) is 10.0 Å². The minimum absolute atomic E-state index is 0.0270. The van der Waals surface area contributed by atoms with Gasteiger partial charge in [-0.15, -0.1) is 0 Å². The lowest BCUT2D eigenvalue weighted by atomic mass is 10.2. The molecule has 0 aromatic heterocycles. The van der Waals surface area contributed by atoms with Crippen LogP contribution in [0.15, 0.2) is 45.8 Å². The number of halogens is 2. The first-order valence-electron chi connectivity index (χ1n) is 5.64. The Balaban J connectivity index is 2.43. The zero-order valence-electron chi connectivity index (χ0n) is 10.5. The highest BCUT2D eigenvalue weighted by molar-refractivity contribution is 9.10. The number of rotatable bonds is 3. The lowest BCUT2D eigenvalue weighted by molar-refractivity contribution is 0.598. The molecule has 0 aliphatic heterocycles. The average Bonchev–Trinajstić information content (AvgIpc) is 2.37. The number of benzene rings is 2. The van der Waals surface area contributed by atoms with Crippen LogP contribution in [0.25, 0.3) is 0 Å². The summed E-state index contributed by atoms with van der Waals surface area (Å²) in [6, 6.07) is 8.55. The number of sulfonamides is 1. The second-order valence-electron chi connectivity index (χ2n) is 4.22. The van der Waals surface area contributed by atoms with E-state index in [0.29, 0.717) is 10.0 Å². The van der Waals surface area contributed by atoms with Gasteiger partial charge in [0.1, 0.15) is 5.82 Å². The maximum Gasteiger partial charge on any atom is 0.262 e. The molecule has 0 bridgehead atoms. The summed E-state index contributed by atoms with van der Waals surface area (Å²) in [5.41, 5.74) is 6.38. The third-order valence-electron chi connectivity index (χ3n) is 2.74. The van der Waals surface area contributed by atoms with Gasteiger partial charge in [0.15, 0.2) is 0 Å². The maximum absolute atomic E-state index is 13.7. The largest absolute Gasteiger partial charge is 0.398 e.